The molecular formula is C22H21N3O3. The smallest absolute Gasteiger partial charge is 0.257 e. The van der Waals surface area contributed by atoms with Gasteiger partial charge in [-0.25, -0.2) is 0 Å². The predicted molar refractivity (Wildman–Crippen MR) is 107 cm³/mol. The van der Waals surface area contributed by atoms with Crippen molar-refractivity contribution in [1.29, 1.82) is 0 Å². The van der Waals surface area contributed by atoms with Crippen molar-refractivity contribution < 1.29 is 9.59 Å². The van der Waals surface area contributed by atoms with Gasteiger partial charge in [0.2, 0.25) is 5.43 Å². The molecule has 142 valence electrons. The number of H-pyrrole nitrogens is 1. The minimum absolute atomic E-state index is 0.0517. The van der Waals surface area contributed by atoms with Crippen LogP contribution in [0.15, 0.2) is 59.5 Å². The molecule has 28 heavy (non-hydrogen) atoms. The number of rotatable bonds is 4. The Morgan fingerprint density at radius 1 is 1.00 bits per heavy atom. The Balaban J connectivity index is 1.43. The number of amides is 2. The molecule has 0 aliphatic carbocycles. The molecule has 0 bridgehead atoms. The number of aromatic amines is 1. The average molecular weight is 375 g/mol. The van der Waals surface area contributed by atoms with E-state index in [1.807, 2.05) is 23.1 Å². The van der Waals surface area contributed by atoms with Crippen LogP contribution in [0.2, 0.25) is 0 Å². The van der Waals surface area contributed by atoms with E-state index in [1.165, 1.54) is 6.20 Å². The van der Waals surface area contributed by atoms with E-state index < -0.39 is 5.91 Å². The molecule has 2 N–H and O–H groups in total. The van der Waals surface area contributed by atoms with Crippen LogP contribution in [0.25, 0.3) is 10.9 Å². The van der Waals surface area contributed by atoms with Gasteiger partial charge >= 0.3 is 0 Å². The number of fused-ring (bicyclic) bond motifs is 1. The van der Waals surface area contributed by atoms with Gasteiger partial charge in [-0.3, -0.25) is 14.4 Å². The number of carbonyl (C=O) groups is 2. The first kappa shape index (κ1) is 18.0. The molecule has 0 unspecified atom stereocenters. The average Bonchev–Trinajstić information content (AvgIpc) is 3.27. The van der Waals surface area contributed by atoms with Gasteiger partial charge in [0.05, 0.1) is 0 Å². The Morgan fingerprint density at radius 2 is 1.71 bits per heavy atom. The van der Waals surface area contributed by atoms with Gasteiger partial charge in [0.25, 0.3) is 11.8 Å². The van der Waals surface area contributed by atoms with Crippen molar-refractivity contribution in [2.75, 3.05) is 13.1 Å². The summed E-state index contributed by atoms with van der Waals surface area (Å²) >= 11 is 0. The number of nitrogens with one attached hydrogen (secondary N) is 2. The van der Waals surface area contributed by atoms with Crippen molar-refractivity contribution in [3.63, 3.8) is 0 Å². The number of pyridine rings is 1. The van der Waals surface area contributed by atoms with E-state index in [-0.39, 0.29) is 23.4 Å². The summed E-state index contributed by atoms with van der Waals surface area (Å²) in [4.78, 5) is 42.2. The third-order valence-corrected chi connectivity index (χ3v) is 5.08. The second kappa shape index (κ2) is 7.68. The second-order valence-electron chi connectivity index (χ2n) is 6.96. The fourth-order valence-electron chi connectivity index (χ4n) is 3.48. The molecule has 6 heteroatoms. The fourth-order valence-corrected chi connectivity index (χ4v) is 3.48. The normalized spacial score (nSPS) is 13.6. The molecule has 2 amide bonds. The Hall–Kier alpha value is -3.41. The maximum absolute atomic E-state index is 12.5. The van der Waals surface area contributed by atoms with Crippen molar-refractivity contribution in [3.8, 4) is 0 Å². The predicted octanol–water partition coefficient (Wildman–Crippen LogP) is 2.69. The zero-order valence-electron chi connectivity index (χ0n) is 15.4. The highest BCUT2D eigenvalue weighted by Gasteiger charge is 2.19. The van der Waals surface area contributed by atoms with Gasteiger partial charge in [-0.05, 0) is 42.7 Å². The number of para-hydroxylation sites is 1. The first-order chi connectivity index (χ1) is 13.6. The largest absolute Gasteiger partial charge is 0.360 e. The van der Waals surface area contributed by atoms with Gasteiger partial charge in [-0.2, -0.15) is 0 Å². The molecule has 0 saturated carbocycles. The van der Waals surface area contributed by atoms with E-state index >= 15 is 0 Å². The first-order valence-electron chi connectivity index (χ1n) is 9.40. The summed E-state index contributed by atoms with van der Waals surface area (Å²) in [7, 11) is 0. The summed E-state index contributed by atoms with van der Waals surface area (Å²) < 4.78 is 0. The summed E-state index contributed by atoms with van der Waals surface area (Å²) in [6, 6.07) is 14.3. The molecule has 2 heterocycles. The Kier molecular flexibility index (Phi) is 4.93. The lowest BCUT2D eigenvalue weighted by molar-refractivity contribution is 0.0792. The zero-order valence-corrected chi connectivity index (χ0v) is 15.4. The summed E-state index contributed by atoms with van der Waals surface area (Å²) in [5, 5.41) is 3.26. The van der Waals surface area contributed by atoms with Crippen LogP contribution in [0.4, 0.5) is 0 Å². The zero-order chi connectivity index (χ0) is 19.5. The number of benzene rings is 2. The minimum Gasteiger partial charge on any atom is -0.360 e. The van der Waals surface area contributed by atoms with Crippen LogP contribution in [0.5, 0.6) is 0 Å². The first-order valence-corrected chi connectivity index (χ1v) is 9.40. The van der Waals surface area contributed by atoms with Gasteiger partial charge in [0.15, 0.2) is 0 Å². The van der Waals surface area contributed by atoms with Crippen molar-refractivity contribution >= 4 is 22.7 Å². The molecule has 0 spiro atoms. The summed E-state index contributed by atoms with van der Waals surface area (Å²) in [6.45, 7) is 1.91. The standard InChI is InChI=1S/C22H21N3O3/c26-20-17-5-1-2-6-19(17)23-14-18(20)21(27)24-13-15-7-9-16(10-8-15)22(28)25-11-3-4-12-25/h1-2,5-10,14H,3-4,11-13H2,(H,23,26)(H,24,27). The Bertz CT molecular complexity index is 1080. The van der Waals surface area contributed by atoms with Gasteiger partial charge < -0.3 is 15.2 Å². The van der Waals surface area contributed by atoms with Crippen LogP contribution in [-0.2, 0) is 6.54 Å². The maximum Gasteiger partial charge on any atom is 0.257 e. The van der Waals surface area contributed by atoms with Crippen LogP contribution in [0, 0.1) is 0 Å². The van der Waals surface area contributed by atoms with Crippen molar-refractivity contribution in [2.45, 2.75) is 19.4 Å². The van der Waals surface area contributed by atoms with Crippen LogP contribution in [-0.4, -0.2) is 34.8 Å². The van der Waals surface area contributed by atoms with E-state index in [0.717, 1.165) is 31.5 Å². The fraction of sp³-hybridized carbons (Fsp3) is 0.227. The van der Waals surface area contributed by atoms with E-state index in [1.54, 1.807) is 30.3 Å². The number of carbonyl (C=O) groups excluding carboxylic acids is 2. The number of aromatic nitrogens is 1. The lowest BCUT2D eigenvalue weighted by Gasteiger charge is -2.15. The van der Waals surface area contributed by atoms with Crippen LogP contribution >= 0.6 is 0 Å². The highest BCUT2D eigenvalue weighted by molar-refractivity contribution is 5.97. The van der Waals surface area contributed by atoms with E-state index in [9.17, 15) is 14.4 Å². The van der Waals surface area contributed by atoms with E-state index in [2.05, 4.69) is 10.3 Å². The van der Waals surface area contributed by atoms with E-state index in [0.29, 0.717) is 16.5 Å². The molecule has 3 aromatic rings. The third-order valence-electron chi connectivity index (χ3n) is 5.08. The second-order valence-corrected chi connectivity index (χ2v) is 6.96. The monoisotopic (exact) mass is 375 g/mol. The Morgan fingerprint density at radius 3 is 2.46 bits per heavy atom. The number of hydrogen-bond acceptors (Lipinski definition) is 3. The van der Waals surface area contributed by atoms with Gasteiger partial charge in [-0.1, -0.05) is 24.3 Å². The lowest BCUT2D eigenvalue weighted by atomic mass is 10.1. The van der Waals surface area contributed by atoms with Gasteiger partial charge in [-0.15, -0.1) is 0 Å². The van der Waals surface area contributed by atoms with Crippen LogP contribution in [0.3, 0.4) is 0 Å². The number of hydrogen-bond donors (Lipinski definition) is 2. The third kappa shape index (κ3) is 3.53. The molecule has 0 radical (unpaired) electrons. The molecule has 0 atom stereocenters. The molecule has 2 aromatic carbocycles. The molecule has 1 fully saturated rings. The number of likely N-dealkylation sites (tertiary alicyclic amines) is 1. The summed E-state index contributed by atoms with van der Waals surface area (Å²) in [5.74, 6) is -0.375. The van der Waals surface area contributed by atoms with Crippen LogP contribution < -0.4 is 10.7 Å². The Labute approximate surface area is 162 Å². The van der Waals surface area contributed by atoms with Gasteiger partial charge in [0, 0.05) is 42.3 Å². The minimum atomic E-state index is -0.427. The topological polar surface area (TPSA) is 82.3 Å². The molecular weight excluding hydrogens is 354 g/mol. The van der Waals surface area contributed by atoms with Crippen LogP contribution in [0.1, 0.15) is 39.1 Å². The highest BCUT2D eigenvalue weighted by Crippen LogP contribution is 2.14. The molecule has 1 aromatic heterocycles. The molecule has 1 aliphatic rings. The van der Waals surface area contributed by atoms with Crippen molar-refractivity contribution in [1.82, 2.24) is 15.2 Å². The molecule has 1 aliphatic heterocycles. The quantitative estimate of drug-likeness (QED) is 0.736. The maximum atomic E-state index is 12.5. The van der Waals surface area contributed by atoms with Gasteiger partial charge in [0.1, 0.15) is 5.56 Å². The van der Waals surface area contributed by atoms with Crippen molar-refractivity contribution in [2.24, 2.45) is 0 Å². The number of nitrogens with zero attached hydrogens (tertiary/aromatic N) is 1. The molecule has 6 nitrogen and oxygen atoms in total. The van der Waals surface area contributed by atoms with Crippen molar-refractivity contribution in [3.05, 3.63) is 81.6 Å². The summed E-state index contributed by atoms with van der Waals surface area (Å²) in [5.41, 5.74) is 2.01. The summed E-state index contributed by atoms with van der Waals surface area (Å²) in [6.07, 6.45) is 3.56. The molecule has 1 saturated heterocycles. The highest BCUT2D eigenvalue weighted by atomic mass is 16.2. The van der Waals surface area contributed by atoms with E-state index in [4.69, 9.17) is 0 Å². The molecule has 4 rings (SSSR count). The SMILES string of the molecule is O=C(NCc1ccc(C(=O)N2CCCC2)cc1)c1c[nH]c2ccccc2c1=O. The lowest BCUT2D eigenvalue weighted by Crippen LogP contribution is -2.29.